The van der Waals surface area contributed by atoms with Crippen LogP contribution in [-0.4, -0.2) is 45.0 Å². The van der Waals surface area contributed by atoms with Gasteiger partial charge in [-0.05, 0) is 44.9 Å². The molecule has 0 spiro atoms. The number of ether oxygens (including phenoxy) is 1. The van der Waals surface area contributed by atoms with Gasteiger partial charge in [0.25, 0.3) is 5.91 Å². The zero-order chi connectivity index (χ0) is 21.8. The molecule has 0 unspecified atom stereocenters. The lowest BCUT2D eigenvalue weighted by molar-refractivity contribution is 0.0503. The number of hydrogen-bond donors (Lipinski definition) is 0. The third kappa shape index (κ3) is 4.87. The van der Waals surface area contributed by atoms with E-state index in [1.807, 2.05) is 30.0 Å². The molecule has 1 saturated heterocycles. The number of halogens is 1. The van der Waals surface area contributed by atoms with E-state index < -0.39 is 5.82 Å². The predicted molar refractivity (Wildman–Crippen MR) is 115 cm³/mol. The highest BCUT2D eigenvalue weighted by atomic mass is 19.1. The van der Waals surface area contributed by atoms with Crippen LogP contribution >= 0.6 is 0 Å². The summed E-state index contributed by atoms with van der Waals surface area (Å²) in [6.45, 7) is 5.06. The Morgan fingerprint density at radius 3 is 2.71 bits per heavy atom. The molecule has 2 aromatic heterocycles. The Morgan fingerprint density at radius 2 is 1.97 bits per heavy atom. The van der Waals surface area contributed by atoms with Gasteiger partial charge in [-0.2, -0.15) is 0 Å². The lowest BCUT2D eigenvalue weighted by Crippen LogP contribution is -2.47. The monoisotopic (exact) mass is 420 g/mol. The summed E-state index contributed by atoms with van der Waals surface area (Å²) in [5, 5.41) is 0. The summed E-state index contributed by atoms with van der Waals surface area (Å²) in [7, 11) is 0. The Labute approximate surface area is 181 Å². The van der Waals surface area contributed by atoms with E-state index in [0.29, 0.717) is 30.4 Å². The van der Waals surface area contributed by atoms with Crippen LogP contribution in [0.3, 0.4) is 0 Å². The van der Waals surface area contributed by atoms with Crippen molar-refractivity contribution in [2.45, 2.75) is 32.7 Å². The quantitative estimate of drug-likeness (QED) is 0.615. The molecule has 3 heterocycles. The summed E-state index contributed by atoms with van der Waals surface area (Å²) >= 11 is 0. The van der Waals surface area contributed by atoms with E-state index >= 15 is 0 Å². The van der Waals surface area contributed by atoms with Crippen LogP contribution in [-0.2, 0) is 0 Å². The number of amides is 1. The van der Waals surface area contributed by atoms with Crippen LogP contribution in [0.25, 0.3) is 11.4 Å². The number of carbonyl (C=O) groups is 1. The summed E-state index contributed by atoms with van der Waals surface area (Å²) in [6.07, 6.45) is 6.33. The summed E-state index contributed by atoms with van der Waals surface area (Å²) in [5.74, 6) is 0.682. The lowest BCUT2D eigenvalue weighted by Gasteiger charge is -2.38. The molecule has 6 nitrogen and oxygen atoms in total. The molecule has 1 aromatic carbocycles. The van der Waals surface area contributed by atoms with Crippen molar-refractivity contribution in [3.05, 3.63) is 71.9 Å². The molecule has 0 saturated carbocycles. The fourth-order valence-electron chi connectivity index (χ4n) is 3.88. The van der Waals surface area contributed by atoms with Crippen LogP contribution in [0, 0.1) is 18.7 Å². The minimum atomic E-state index is -0.396. The van der Waals surface area contributed by atoms with Gasteiger partial charge in [-0.25, -0.2) is 19.3 Å². The highest BCUT2D eigenvalue weighted by Gasteiger charge is 2.31. The predicted octanol–water partition coefficient (Wildman–Crippen LogP) is 4.31. The number of likely N-dealkylation sites (tertiary alicyclic amines) is 1. The number of aryl methyl sites for hydroxylation is 1. The summed E-state index contributed by atoms with van der Waals surface area (Å²) < 4.78 is 18.8. The fraction of sp³-hybridized carbons (Fsp3) is 0.333. The minimum absolute atomic E-state index is 0.0248. The van der Waals surface area contributed by atoms with Gasteiger partial charge in [-0.3, -0.25) is 4.79 Å². The van der Waals surface area contributed by atoms with Crippen LogP contribution in [0.2, 0.25) is 0 Å². The Hall–Kier alpha value is -3.35. The first-order valence-electron chi connectivity index (χ1n) is 10.4. The normalized spacial score (nSPS) is 18.6. The van der Waals surface area contributed by atoms with Crippen molar-refractivity contribution in [2.75, 3.05) is 13.2 Å². The van der Waals surface area contributed by atoms with Gasteiger partial charge < -0.3 is 9.64 Å². The smallest absolute Gasteiger partial charge is 0.254 e. The topological polar surface area (TPSA) is 68.2 Å². The van der Waals surface area contributed by atoms with E-state index in [9.17, 15) is 9.18 Å². The first-order valence-corrected chi connectivity index (χ1v) is 10.4. The van der Waals surface area contributed by atoms with Gasteiger partial charge in [-0.1, -0.05) is 17.7 Å². The van der Waals surface area contributed by atoms with E-state index in [-0.39, 0.29) is 17.9 Å². The second-order valence-electron chi connectivity index (χ2n) is 8.00. The average molecular weight is 420 g/mol. The number of nitrogens with zero attached hydrogens (tertiary/aromatic N) is 4. The number of hydrogen-bond acceptors (Lipinski definition) is 5. The van der Waals surface area contributed by atoms with Crippen LogP contribution in [0.1, 0.15) is 35.7 Å². The van der Waals surface area contributed by atoms with Crippen LogP contribution < -0.4 is 4.74 Å². The van der Waals surface area contributed by atoms with Gasteiger partial charge in [0.2, 0.25) is 5.88 Å². The first kappa shape index (κ1) is 20.9. The average Bonchev–Trinajstić information content (AvgIpc) is 2.79. The Bertz CT molecular complexity index is 1040. The Morgan fingerprint density at radius 1 is 1.16 bits per heavy atom. The molecule has 7 heteroatoms. The third-order valence-corrected chi connectivity index (χ3v) is 5.62. The Balaban J connectivity index is 1.52. The van der Waals surface area contributed by atoms with E-state index in [2.05, 4.69) is 21.9 Å². The zero-order valence-electron chi connectivity index (χ0n) is 17.7. The molecule has 1 aliphatic heterocycles. The molecule has 1 aliphatic rings. The first-order chi connectivity index (χ1) is 15.0. The SMILES string of the molecule is Cc1ccc(-c2ncccn2)c(C(=O)N2C[C@H](COc3ccc(F)cn3)CC[C@@H]2C)c1. The molecule has 4 rings (SSSR count). The zero-order valence-corrected chi connectivity index (χ0v) is 17.7. The lowest BCUT2D eigenvalue weighted by atomic mass is 9.92. The summed E-state index contributed by atoms with van der Waals surface area (Å²) in [5.41, 5.74) is 2.35. The molecule has 160 valence electrons. The molecular weight excluding hydrogens is 395 g/mol. The minimum Gasteiger partial charge on any atom is -0.477 e. The second-order valence-corrected chi connectivity index (χ2v) is 8.00. The number of benzene rings is 1. The highest BCUT2D eigenvalue weighted by molar-refractivity contribution is 6.00. The molecule has 1 amide bonds. The maximum atomic E-state index is 13.6. The summed E-state index contributed by atoms with van der Waals surface area (Å²) in [6, 6.07) is 10.5. The van der Waals surface area contributed by atoms with Crippen LogP contribution in [0.5, 0.6) is 5.88 Å². The van der Waals surface area contributed by atoms with Crippen molar-refractivity contribution in [1.82, 2.24) is 19.9 Å². The van der Waals surface area contributed by atoms with Gasteiger partial charge in [0.1, 0.15) is 5.82 Å². The van der Waals surface area contributed by atoms with Crippen molar-refractivity contribution in [3.8, 4) is 17.3 Å². The molecule has 0 N–H and O–H groups in total. The van der Waals surface area contributed by atoms with Crippen molar-refractivity contribution < 1.29 is 13.9 Å². The maximum absolute atomic E-state index is 13.6. The number of aromatic nitrogens is 3. The standard InChI is InChI=1S/C24H25FN4O2/c1-16-4-8-20(23-26-10-3-11-27-23)21(12-16)24(30)29-14-18(6-5-17(29)2)15-31-22-9-7-19(25)13-28-22/h3-4,7-13,17-18H,5-6,14-15H2,1-2H3/t17-,18+/m0/s1. The van der Waals surface area contributed by atoms with E-state index in [4.69, 9.17) is 4.74 Å². The van der Waals surface area contributed by atoms with Crippen molar-refractivity contribution in [1.29, 1.82) is 0 Å². The Kier molecular flexibility index (Phi) is 6.21. The molecule has 2 atom stereocenters. The number of pyridine rings is 1. The molecular formula is C24H25FN4O2. The van der Waals surface area contributed by atoms with Crippen molar-refractivity contribution in [3.63, 3.8) is 0 Å². The number of rotatable bonds is 5. The number of piperidine rings is 1. The number of carbonyl (C=O) groups excluding carboxylic acids is 1. The largest absolute Gasteiger partial charge is 0.477 e. The fourth-order valence-corrected chi connectivity index (χ4v) is 3.88. The molecule has 3 aromatic rings. The highest BCUT2D eigenvalue weighted by Crippen LogP contribution is 2.28. The van der Waals surface area contributed by atoms with Crippen LogP contribution in [0.4, 0.5) is 4.39 Å². The molecule has 1 fully saturated rings. The van der Waals surface area contributed by atoms with Gasteiger partial charge >= 0.3 is 0 Å². The van der Waals surface area contributed by atoms with Gasteiger partial charge in [0.15, 0.2) is 5.82 Å². The van der Waals surface area contributed by atoms with E-state index in [1.54, 1.807) is 18.5 Å². The van der Waals surface area contributed by atoms with E-state index in [0.717, 1.165) is 30.2 Å². The second kappa shape index (κ2) is 9.20. The van der Waals surface area contributed by atoms with Crippen molar-refractivity contribution >= 4 is 5.91 Å². The van der Waals surface area contributed by atoms with Crippen LogP contribution in [0.15, 0.2) is 55.0 Å². The molecule has 0 aliphatic carbocycles. The van der Waals surface area contributed by atoms with Crippen molar-refractivity contribution in [2.24, 2.45) is 5.92 Å². The summed E-state index contributed by atoms with van der Waals surface area (Å²) in [4.78, 5) is 28.1. The van der Waals surface area contributed by atoms with Gasteiger partial charge in [0.05, 0.1) is 18.4 Å². The molecule has 31 heavy (non-hydrogen) atoms. The van der Waals surface area contributed by atoms with E-state index in [1.165, 1.54) is 12.1 Å². The third-order valence-electron chi connectivity index (χ3n) is 5.62. The van der Waals surface area contributed by atoms with Gasteiger partial charge in [-0.15, -0.1) is 0 Å². The molecule has 0 bridgehead atoms. The molecule has 0 radical (unpaired) electrons. The van der Waals surface area contributed by atoms with Gasteiger partial charge in [0, 0.05) is 42.5 Å². The maximum Gasteiger partial charge on any atom is 0.254 e.